The Morgan fingerprint density at radius 3 is 2.50 bits per heavy atom. The van der Waals surface area contributed by atoms with E-state index in [9.17, 15) is 20.1 Å². The summed E-state index contributed by atoms with van der Waals surface area (Å²) in [7, 11) is 0. The third-order valence-electron chi connectivity index (χ3n) is 2.94. The van der Waals surface area contributed by atoms with Gasteiger partial charge in [-0.25, -0.2) is 9.78 Å². The maximum absolute atomic E-state index is 11.3. The molecule has 0 aliphatic carbocycles. The zero-order valence-corrected chi connectivity index (χ0v) is 11.1. The monoisotopic (exact) mass is 298 g/mol. The Balaban J connectivity index is 2.17. The van der Waals surface area contributed by atoms with Crippen LogP contribution in [0.4, 0.5) is 11.5 Å². The second-order valence-corrected chi connectivity index (χ2v) is 4.36. The number of imidazole rings is 1. The Labute approximate surface area is 123 Å². The molecule has 22 heavy (non-hydrogen) atoms. The minimum absolute atomic E-state index is 0.0540. The van der Waals surface area contributed by atoms with E-state index in [2.05, 4.69) is 15.2 Å². The molecule has 3 rings (SSSR count). The summed E-state index contributed by atoms with van der Waals surface area (Å²) >= 11 is 0. The maximum Gasteiger partial charge on any atom is 0.358 e. The van der Waals surface area contributed by atoms with E-state index in [1.807, 2.05) is 0 Å². The first-order valence-electron chi connectivity index (χ1n) is 6.21. The fourth-order valence-corrected chi connectivity index (χ4v) is 1.93. The highest BCUT2D eigenvalue weighted by molar-refractivity contribution is 5.92. The Bertz CT molecular complexity index is 901. The molecular weight excluding hydrogens is 288 g/mol. The Morgan fingerprint density at radius 2 is 1.77 bits per heavy atom. The lowest BCUT2D eigenvalue weighted by Crippen LogP contribution is -1.96. The standard InChI is InChI=1S/C14H10N4O4/c19-9-5-2-1-4-8(9)16-17-13-11(14(21)22)15-12-10(20)6-3-7-18(12)13/h1-7,19-20H,(H,21,22). The molecule has 0 saturated carbocycles. The van der Waals surface area contributed by atoms with Crippen LogP contribution in [0.15, 0.2) is 52.8 Å². The number of rotatable bonds is 3. The number of aromatic carboxylic acids is 1. The molecule has 110 valence electrons. The van der Waals surface area contributed by atoms with Gasteiger partial charge in [-0.05, 0) is 24.3 Å². The quantitative estimate of drug-likeness (QED) is 0.642. The van der Waals surface area contributed by atoms with Crippen LogP contribution in [0.5, 0.6) is 11.5 Å². The van der Waals surface area contributed by atoms with Crippen molar-refractivity contribution in [2.24, 2.45) is 10.2 Å². The number of carbonyl (C=O) groups is 1. The molecule has 0 fully saturated rings. The summed E-state index contributed by atoms with van der Waals surface area (Å²) in [4.78, 5) is 15.1. The van der Waals surface area contributed by atoms with Crippen molar-refractivity contribution in [3.8, 4) is 11.5 Å². The van der Waals surface area contributed by atoms with Crippen molar-refractivity contribution >= 4 is 23.1 Å². The number of carboxylic acid groups (broad SMARTS) is 1. The number of aromatic nitrogens is 2. The fourth-order valence-electron chi connectivity index (χ4n) is 1.93. The SMILES string of the molecule is O=C(O)c1nc2c(O)cccn2c1N=Nc1ccccc1O. The van der Waals surface area contributed by atoms with Crippen molar-refractivity contribution in [3.63, 3.8) is 0 Å². The Morgan fingerprint density at radius 1 is 1.05 bits per heavy atom. The van der Waals surface area contributed by atoms with Crippen LogP contribution in [0.2, 0.25) is 0 Å². The first-order chi connectivity index (χ1) is 10.6. The fraction of sp³-hybridized carbons (Fsp3) is 0. The molecule has 0 radical (unpaired) electrons. The number of nitrogens with zero attached hydrogens (tertiary/aromatic N) is 4. The molecule has 0 atom stereocenters. The third kappa shape index (κ3) is 2.22. The van der Waals surface area contributed by atoms with Crippen molar-refractivity contribution < 1.29 is 20.1 Å². The number of para-hydroxylation sites is 1. The first-order valence-corrected chi connectivity index (χ1v) is 6.21. The van der Waals surface area contributed by atoms with E-state index in [0.717, 1.165) is 0 Å². The average Bonchev–Trinajstić information content (AvgIpc) is 2.87. The number of phenolic OH excluding ortho intramolecular Hbond substituents is 1. The molecule has 2 aromatic heterocycles. The predicted octanol–water partition coefficient (Wildman–Crippen LogP) is 2.86. The zero-order chi connectivity index (χ0) is 15.7. The molecule has 0 bridgehead atoms. The predicted molar refractivity (Wildman–Crippen MR) is 76.1 cm³/mol. The molecule has 3 aromatic rings. The van der Waals surface area contributed by atoms with Crippen molar-refractivity contribution in [2.75, 3.05) is 0 Å². The van der Waals surface area contributed by atoms with Crippen LogP contribution in [-0.4, -0.2) is 30.7 Å². The van der Waals surface area contributed by atoms with E-state index in [0.29, 0.717) is 0 Å². The van der Waals surface area contributed by atoms with Gasteiger partial charge in [0, 0.05) is 6.20 Å². The maximum atomic E-state index is 11.3. The molecule has 1 aromatic carbocycles. The topological polar surface area (TPSA) is 120 Å². The van der Waals surface area contributed by atoms with Gasteiger partial charge in [-0.2, -0.15) is 0 Å². The van der Waals surface area contributed by atoms with Gasteiger partial charge in [0.1, 0.15) is 11.4 Å². The second kappa shape index (κ2) is 5.17. The average molecular weight is 298 g/mol. The largest absolute Gasteiger partial charge is 0.506 e. The van der Waals surface area contributed by atoms with Crippen LogP contribution >= 0.6 is 0 Å². The number of hydrogen-bond acceptors (Lipinski definition) is 6. The van der Waals surface area contributed by atoms with E-state index in [1.165, 1.54) is 34.9 Å². The number of aromatic hydroxyl groups is 2. The van der Waals surface area contributed by atoms with E-state index < -0.39 is 5.97 Å². The van der Waals surface area contributed by atoms with Gasteiger partial charge in [0.05, 0.1) is 0 Å². The summed E-state index contributed by atoms with van der Waals surface area (Å²) in [5.41, 5.74) is -0.0965. The molecule has 3 N–H and O–H groups in total. The summed E-state index contributed by atoms with van der Waals surface area (Å²) in [5, 5.41) is 36.3. The Hall–Kier alpha value is -3.42. The lowest BCUT2D eigenvalue weighted by atomic mass is 10.3. The van der Waals surface area contributed by atoms with E-state index in [-0.39, 0.29) is 34.3 Å². The summed E-state index contributed by atoms with van der Waals surface area (Å²) < 4.78 is 1.31. The molecule has 0 amide bonds. The highest BCUT2D eigenvalue weighted by Gasteiger charge is 2.20. The molecule has 2 heterocycles. The lowest BCUT2D eigenvalue weighted by Gasteiger charge is -1.98. The number of benzene rings is 1. The number of hydrogen-bond donors (Lipinski definition) is 3. The lowest BCUT2D eigenvalue weighted by molar-refractivity contribution is 0.0692. The molecular formula is C14H10N4O4. The number of azo groups is 1. The number of fused-ring (bicyclic) bond motifs is 1. The highest BCUT2D eigenvalue weighted by atomic mass is 16.4. The van der Waals surface area contributed by atoms with Gasteiger partial charge in [0.15, 0.2) is 22.9 Å². The van der Waals surface area contributed by atoms with Crippen LogP contribution < -0.4 is 0 Å². The van der Waals surface area contributed by atoms with Crippen LogP contribution in [0.25, 0.3) is 5.65 Å². The van der Waals surface area contributed by atoms with E-state index in [4.69, 9.17) is 0 Å². The summed E-state index contributed by atoms with van der Waals surface area (Å²) in [6.45, 7) is 0. The van der Waals surface area contributed by atoms with Crippen LogP contribution in [-0.2, 0) is 0 Å². The Kier molecular flexibility index (Phi) is 3.18. The van der Waals surface area contributed by atoms with Crippen molar-refractivity contribution in [1.29, 1.82) is 0 Å². The molecule has 0 unspecified atom stereocenters. The summed E-state index contributed by atoms with van der Waals surface area (Å²) in [5.74, 6) is -1.61. The van der Waals surface area contributed by atoms with E-state index >= 15 is 0 Å². The minimum atomic E-state index is -1.30. The molecule has 0 aliphatic rings. The normalized spacial score (nSPS) is 11.3. The number of phenols is 1. The van der Waals surface area contributed by atoms with Gasteiger partial charge in [0.25, 0.3) is 0 Å². The highest BCUT2D eigenvalue weighted by Crippen LogP contribution is 2.30. The van der Waals surface area contributed by atoms with Crippen molar-refractivity contribution in [2.45, 2.75) is 0 Å². The van der Waals surface area contributed by atoms with Gasteiger partial charge >= 0.3 is 5.97 Å². The van der Waals surface area contributed by atoms with Crippen molar-refractivity contribution in [3.05, 3.63) is 48.3 Å². The molecule has 8 nitrogen and oxygen atoms in total. The smallest absolute Gasteiger partial charge is 0.358 e. The van der Waals surface area contributed by atoms with Gasteiger partial charge in [0.2, 0.25) is 0 Å². The second-order valence-electron chi connectivity index (χ2n) is 4.36. The summed E-state index contributed by atoms with van der Waals surface area (Å²) in [6, 6.07) is 9.16. The van der Waals surface area contributed by atoms with Crippen LogP contribution in [0, 0.1) is 0 Å². The van der Waals surface area contributed by atoms with Gasteiger partial charge in [-0.15, -0.1) is 10.2 Å². The van der Waals surface area contributed by atoms with Gasteiger partial charge in [-0.3, -0.25) is 4.40 Å². The molecule has 0 spiro atoms. The van der Waals surface area contributed by atoms with Crippen molar-refractivity contribution in [1.82, 2.24) is 9.38 Å². The van der Waals surface area contributed by atoms with Crippen LogP contribution in [0.1, 0.15) is 10.5 Å². The molecule has 0 aliphatic heterocycles. The number of carboxylic acids is 1. The van der Waals surface area contributed by atoms with E-state index in [1.54, 1.807) is 12.1 Å². The first kappa shape index (κ1) is 13.6. The third-order valence-corrected chi connectivity index (χ3v) is 2.94. The van der Waals surface area contributed by atoms with Gasteiger partial charge in [-0.1, -0.05) is 12.1 Å². The molecule has 0 saturated heterocycles. The summed E-state index contributed by atoms with van der Waals surface area (Å²) in [6.07, 6.45) is 1.51. The zero-order valence-electron chi connectivity index (χ0n) is 11.1. The number of pyridine rings is 1. The van der Waals surface area contributed by atoms with Crippen LogP contribution in [0.3, 0.4) is 0 Å². The minimum Gasteiger partial charge on any atom is -0.506 e. The molecule has 8 heteroatoms. The van der Waals surface area contributed by atoms with Gasteiger partial charge < -0.3 is 15.3 Å².